The maximum Gasteiger partial charge on any atom is 0.0913 e. The predicted molar refractivity (Wildman–Crippen MR) is 71.6 cm³/mol. The van der Waals surface area contributed by atoms with Crippen LogP contribution in [0, 0.1) is 0 Å². The van der Waals surface area contributed by atoms with Gasteiger partial charge in [-0.1, -0.05) is 34.5 Å². The van der Waals surface area contributed by atoms with Crippen molar-refractivity contribution in [1.82, 2.24) is 4.98 Å². The van der Waals surface area contributed by atoms with Crippen molar-refractivity contribution in [1.29, 1.82) is 0 Å². The first kappa shape index (κ1) is 11.6. The molecular formula is C11H11BrClN3. The predicted octanol–water partition coefficient (Wildman–Crippen LogP) is 3.50. The van der Waals surface area contributed by atoms with Crippen molar-refractivity contribution in [3.8, 4) is 0 Å². The van der Waals surface area contributed by atoms with E-state index >= 15 is 0 Å². The number of aromatic nitrogens is 1. The molecule has 84 valence electrons. The largest absolute Gasteiger partial charge is 0.323 e. The number of pyridine rings is 1. The third kappa shape index (κ3) is 2.00. The number of anilines is 1. The number of halogens is 2. The van der Waals surface area contributed by atoms with Crippen molar-refractivity contribution in [2.24, 2.45) is 5.84 Å². The molecular weight excluding hydrogens is 289 g/mol. The fourth-order valence-electron chi connectivity index (χ4n) is 1.61. The summed E-state index contributed by atoms with van der Waals surface area (Å²) in [6.45, 7) is 2.04. The standard InChI is InChI=1S/C11H11BrClN3/c1-2-7-5-10(16-14)8-3-6(12)4-9(13)11(8)15-7/h3-5H,2,14H2,1H3,(H,15,16). The molecule has 2 rings (SSSR count). The second kappa shape index (κ2) is 4.57. The van der Waals surface area contributed by atoms with Gasteiger partial charge in [-0.3, -0.25) is 10.8 Å². The van der Waals surface area contributed by atoms with Crippen LogP contribution in [0.4, 0.5) is 5.69 Å². The molecule has 0 fully saturated rings. The Hall–Kier alpha value is -0.840. The molecule has 1 heterocycles. The van der Waals surface area contributed by atoms with Gasteiger partial charge in [-0.15, -0.1) is 0 Å². The lowest BCUT2D eigenvalue weighted by atomic mass is 10.1. The van der Waals surface area contributed by atoms with Crippen LogP contribution in [-0.4, -0.2) is 4.98 Å². The highest BCUT2D eigenvalue weighted by atomic mass is 79.9. The molecule has 0 saturated heterocycles. The first-order valence-corrected chi connectivity index (χ1v) is 6.08. The second-order valence-electron chi connectivity index (χ2n) is 3.44. The molecule has 0 aliphatic heterocycles. The van der Waals surface area contributed by atoms with E-state index in [1.54, 1.807) is 0 Å². The van der Waals surface area contributed by atoms with Crippen molar-refractivity contribution < 1.29 is 0 Å². The Balaban J connectivity index is 2.83. The van der Waals surface area contributed by atoms with Crippen LogP contribution in [-0.2, 0) is 6.42 Å². The van der Waals surface area contributed by atoms with Crippen molar-refractivity contribution in [2.45, 2.75) is 13.3 Å². The Bertz CT molecular complexity index is 542. The maximum absolute atomic E-state index is 6.16. The van der Waals surface area contributed by atoms with Gasteiger partial charge in [0, 0.05) is 15.6 Å². The third-order valence-electron chi connectivity index (χ3n) is 2.40. The van der Waals surface area contributed by atoms with Gasteiger partial charge in [0.05, 0.1) is 16.2 Å². The van der Waals surface area contributed by atoms with Crippen LogP contribution in [0.5, 0.6) is 0 Å². The summed E-state index contributed by atoms with van der Waals surface area (Å²) in [7, 11) is 0. The molecule has 5 heteroatoms. The molecule has 0 bridgehead atoms. The van der Waals surface area contributed by atoms with Crippen molar-refractivity contribution >= 4 is 44.1 Å². The van der Waals surface area contributed by atoms with E-state index in [4.69, 9.17) is 17.4 Å². The van der Waals surface area contributed by atoms with Crippen LogP contribution in [0.1, 0.15) is 12.6 Å². The molecule has 0 amide bonds. The van der Waals surface area contributed by atoms with E-state index in [2.05, 4.69) is 26.3 Å². The van der Waals surface area contributed by atoms with Crippen molar-refractivity contribution in [3.05, 3.63) is 33.4 Å². The third-order valence-corrected chi connectivity index (χ3v) is 3.15. The molecule has 0 unspecified atom stereocenters. The summed E-state index contributed by atoms with van der Waals surface area (Å²) >= 11 is 9.56. The van der Waals surface area contributed by atoms with Gasteiger partial charge in [0.15, 0.2) is 0 Å². The summed E-state index contributed by atoms with van der Waals surface area (Å²) in [6, 6.07) is 5.71. The summed E-state index contributed by atoms with van der Waals surface area (Å²) < 4.78 is 0.910. The zero-order valence-corrected chi connectivity index (χ0v) is 11.1. The molecule has 0 atom stereocenters. The minimum absolute atomic E-state index is 0.621. The first-order valence-electron chi connectivity index (χ1n) is 4.91. The minimum atomic E-state index is 0.621. The topological polar surface area (TPSA) is 50.9 Å². The lowest BCUT2D eigenvalue weighted by Gasteiger charge is -2.09. The molecule has 0 aliphatic rings. The number of rotatable bonds is 2. The summed E-state index contributed by atoms with van der Waals surface area (Å²) in [5.74, 6) is 5.50. The second-order valence-corrected chi connectivity index (χ2v) is 4.77. The zero-order valence-electron chi connectivity index (χ0n) is 8.72. The fourth-order valence-corrected chi connectivity index (χ4v) is 2.46. The van der Waals surface area contributed by atoms with E-state index < -0.39 is 0 Å². The van der Waals surface area contributed by atoms with E-state index in [0.29, 0.717) is 5.02 Å². The average molecular weight is 301 g/mol. The summed E-state index contributed by atoms with van der Waals surface area (Å²) in [5.41, 5.74) is 5.26. The smallest absolute Gasteiger partial charge is 0.0913 e. The molecule has 2 aromatic rings. The molecule has 0 radical (unpaired) electrons. The fraction of sp³-hybridized carbons (Fsp3) is 0.182. The molecule has 16 heavy (non-hydrogen) atoms. The summed E-state index contributed by atoms with van der Waals surface area (Å²) in [4.78, 5) is 4.49. The number of hydrogen-bond acceptors (Lipinski definition) is 3. The highest BCUT2D eigenvalue weighted by Crippen LogP contribution is 2.31. The Kier molecular flexibility index (Phi) is 3.33. The Labute approximate surface area is 107 Å². The van der Waals surface area contributed by atoms with Gasteiger partial charge in [-0.25, -0.2) is 0 Å². The number of nitrogens with two attached hydrogens (primary N) is 1. The van der Waals surface area contributed by atoms with Crippen LogP contribution in [0.25, 0.3) is 10.9 Å². The van der Waals surface area contributed by atoms with Gasteiger partial charge < -0.3 is 5.43 Å². The number of fused-ring (bicyclic) bond motifs is 1. The van der Waals surface area contributed by atoms with Gasteiger partial charge in [0.25, 0.3) is 0 Å². The number of aryl methyl sites for hydroxylation is 1. The average Bonchev–Trinajstić information content (AvgIpc) is 2.28. The monoisotopic (exact) mass is 299 g/mol. The lowest BCUT2D eigenvalue weighted by Crippen LogP contribution is -2.08. The highest BCUT2D eigenvalue weighted by Gasteiger charge is 2.08. The quantitative estimate of drug-likeness (QED) is 0.659. The SMILES string of the molecule is CCc1cc(NN)c2cc(Br)cc(Cl)c2n1. The molecule has 0 spiro atoms. The van der Waals surface area contributed by atoms with Crippen LogP contribution in [0.3, 0.4) is 0 Å². The molecule has 3 N–H and O–H groups in total. The Morgan fingerprint density at radius 2 is 2.19 bits per heavy atom. The minimum Gasteiger partial charge on any atom is -0.323 e. The van der Waals surface area contributed by atoms with E-state index in [0.717, 1.165) is 33.2 Å². The highest BCUT2D eigenvalue weighted by molar-refractivity contribution is 9.10. The number of hydrogen-bond donors (Lipinski definition) is 2. The van der Waals surface area contributed by atoms with E-state index in [9.17, 15) is 0 Å². The van der Waals surface area contributed by atoms with Gasteiger partial charge in [0.2, 0.25) is 0 Å². The first-order chi connectivity index (χ1) is 7.65. The molecule has 3 nitrogen and oxygen atoms in total. The van der Waals surface area contributed by atoms with Crippen molar-refractivity contribution in [3.63, 3.8) is 0 Å². The van der Waals surface area contributed by atoms with Gasteiger partial charge >= 0.3 is 0 Å². The molecule has 0 saturated carbocycles. The van der Waals surface area contributed by atoms with Crippen LogP contribution >= 0.6 is 27.5 Å². The van der Waals surface area contributed by atoms with Crippen LogP contribution in [0.15, 0.2) is 22.7 Å². The van der Waals surface area contributed by atoms with Crippen LogP contribution in [0.2, 0.25) is 5.02 Å². The number of benzene rings is 1. The van der Waals surface area contributed by atoms with Crippen LogP contribution < -0.4 is 11.3 Å². The summed E-state index contributed by atoms with van der Waals surface area (Å²) in [6.07, 6.45) is 0.844. The van der Waals surface area contributed by atoms with E-state index in [-0.39, 0.29) is 0 Å². The molecule has 1 aromatic heterocycles. The Morgan fingerprint density at radius 1 is 1.44 bits per heavy atom. The summed E-state index contributed by atoms with van der Waals surface area (Å²) in [5, 5.41) is 1.54. The molecule has 0 aliphatic carbocycles. The van der Waals surface area contributed by atoms with Gasteiger partial charge in [0.1, 0.15) is 0 Å². The number of hydrazine groups is 1. The normalized spacial score (nSPS) is 10.8. The maximum atomic E-state index is 6.16. The van der Waals surface area contributed by atoms with Gasteiger partial charge in [-0.05, 0) is 24.6 Å². The van der Waals surface area contributed by atoms with Crippen molar-refractivity contribution in [2.75, 3.05) is 5.43 Å². The molecule has 1 aromatic carbocycles. The number of nitrogens with zero attached hydrogens (tertiary/aromatic N) is 1. The Morgan fingerprint density at radius 3 is 2.81 bits per heavy atom. The van der Waals surface area contributed by atoms with E-state index in [1.807, 2.05) is 25.1 Å². The lowest BCUT2D eigenvalue weighted by molar-refractivity contribution is 1.06. The number of nitrogens with one attached hydrogen (secondary N) is 1. The number of nitrogen functional groups attached to an aromatic ring is 1. The zero-order chi connectivity index (χ0) is 11.7. The van der Waals surface area contributed by atoms with E-state index in [1.165, 1.54) is 0 Å². The van der Waals surface area contributed by atoms with Gasteiger partial charge in [-0.2, -0.15) is 0 Å².